The fourth-order valence-electron chi connectivity index (χ4n) is 2.43. The van der Waals surface area contributed by atoms with Gasteiger partial charge in [-0.2, -0.15) is 0 Å². The Kier molecular flexibility index (Phi) is 5.94. The highest BCUT2D eigenvalue weighted by molar-refractivity contribution is 5.98. The van der Waals surface area contributed by atoms with Gasteiger partial charge in [-0.3, -0.25) is 14.9 Å². The third-order valence-corrected chi connectivity index (χ3v) is 3.62. The number of benzene rings is 2. The molecule has 2 aromatic carbocycles. The number of methoxy groups -OCH3 is 1. The Bertz CT molecular complexity index is 762. The average molecular weight is 344 g/mol. The lowest BCUT2D eigenvalue weighted by molar-refractivity contribution is -0.385. The molecular formula is C18H20N2O5. The Morgan fingerprint density at radius 1 is 1.20 bits per heavy atom. The van der Waals surface area contributed by atoms with Crippen LogP contribution in [0.5, 0.6) is 11.5 Å². The van der Waals surface area contributed by atoms with Crippen molar-refractivity contribution in [3.63, 3.8) is 0 Å². The first-order valence-corrected chi connectivity index (χ1v) is 7.76. The van der Waals surface area contributed by atoms with Gasteiger partial charge in [-0.15, -0.1) is 0 Å². The highest BCUT2D eigenvalue weighted by Gasteiger charge is 2.26. The molecule has 0 saturated carbocycles. The van der Waals surface area contributed by atoms with Crippen molar-refractivity contribution in [1.82, 2.24) is 4.90 Å². The smallest absolute Gasteiger partial charge is 0.286 e. The van der Waals surface area contributed by atoms with E-state index in [-0.39, 0.29) is 22.7 Å². The van der Waals surface area contributed by atoms with Crippen LogP contribution in [0.4, 0.5) is 5.69 Å². The monoisotopic (exact) mass is 344 g/mol. The van der Waals surface area contributed by atoms with E-state index in [9.17, 15) is 14.9 Å². The molecule has 0 aromatic heterocycles. The first-order chi connectivity index (χ1) is 12.0. The third kappa shape index (κ3) is 4.26. The zero-order chi connectivity index (χ0) is 18.4. The van der Waals surface area contributed by atoms with Crippen LogP contribution in [0.15, 0.2) is 42.5 Å². The molecular weight excluding hydrogens is 324 g/mol. The quantitative estimate of drug-likeness (QED) is 0.569. The SMILES string of the molecule is CCOc1cc([N+](=O)[O-])c(C(=O)N(C)Cc2ccccc2)cc1OC. The zero-order valence-corrected chi connectivity index (χ0v) is 14.4. The standard InChI is InChI=1S/C18H20N2O5/c1-4-25-17-11-15(20(22)23)14(10-16(17)24-3)18(21)19(2)12-13-8-6-5-7-9-13/h5-11H,4,12H2,1-3H3. The van der Waals surface area contributed by atoms with E-state index < -0.39 is 10.8 Å². The molecule has 0 aliphatic carbocycles. The molecule has 1 amide bonds. The van der Waals surface area contributed by atoms with Gasteiger partial charge in [0.25, 0.3) is 11.6 Å². The van der Waals surface area contributed by atoms with Crippen LogP contribution in [-0.4, -0.2) is 36.5 Å². The van der Waals surface area contributed by atoms with Gasteiger partial charge in [0.1, 0.15) is 5.56 Å². The highest BCUT2D eigenvalue weighted by atomic mass is 16.6. The molecule has 0 atom stereocenters. The molecule has 0 unspecified atom stereocenters. The minimum atomic E-state index is -0.592. The summed E-state index contributed by atoms with van der Waals surface area (Å²) in [5, 5.41) is 11.4. The normalized spacial score (nSPS) is 10.2. The molecule has 0 saturated heterocycles. The summed E-state index contributed by atoms with van der Waals surface area (Å²) in [6.45, 7) is 2.43. The second kappa shape index (κ2) is 8.14. The van der Waals surface area contributed by atoms with E-state index in [1.54, 1.807) is 14.0 Å². The lowest BCUT2D eigenvalue weighted by Gasteiger charge is -2.18. The molecule has 0 aliphatic rings. The average Bonchev–Trinajstić information content (AvgIpc) is 2.61. The maximum absolute atomic E-state index is 12.7. The van der Waals surface area contributed by atoms with Gasteiger partial charge in [0.05, 0.1) is 24.7 Å². The van der Waals surface area contributed by atoms with Crippen molar-refractivity contribution in [2.24, 2.45) is 0 Å². The van der Waals surface area contributed by atoms with Crippen LogP contribution in [0, 0.1) is 10.1 Å². The summed E-state index contributed by atoms with van der Waals surface area (Å²) in [4.78, 5) is 25.0. The molecule has 0 aliphatic heterocycles. The second-order valence-electron chi connectivity index (χ2n) is 5.36. The van der Waals surface area contributed by atoms with Crippen LogP contribution < -0.4 is 9.47 Å². The van der Waals surface area contributed by atoms with Gasteiger partial charge >= 0.3 is 0 Å². The number of nitro benzene ring substituents is 1. The fraction of sp³-hybridized carbons (Fsp3) is 0.278. The van der Waals surface area contributed by atoms with Crippen molar-refractivity contribution < 1.29 is 19.2 Å². The van der Waals surface area contributed by atoms with E-state index in [1.807, 2.05) is 30.3 Å². The summed E-state index contributed by atoms with van der Waals surface area (Å²) >= 11 is 0. The minimum Gasteiger partial charge on any atom is -0.493 e. The first kappa shape index (κ1) is 18.3. The van der Waals surface area contributed by atoms with Crippen molar-refractivity contribution in [3.8, 4) is 11.5 Å². The van der Waals surface area contributed by atoms with Crippen LogP contribution in [-0.2, 0) is 6.54 Å². The first-order valence-electron chi connectivity index (χ1n) is 7.76. The molecule has 0 spiro atoms. The van der Waals surface area contributed by atoms with Gasteiger partial charge in [-0.25, -0.2) is 0 Å². The van der Waals surface area contributed by atoms with Crippen molar-refractivity contribution in [2.45, 2.75) is 13.5 Å². The maximum atomic E-state index is 12.7. The van der Waals surface area contributed by atoms with Gasteiger partial charge < -0.3 is 14.4 Å². The topological polar surface area (TPSA) is 81.9 Å². The molecule has 0 heterocycles. The van der Waals surface area contributed by atoms with Gasteiger partial charge in [-0.1, -0.05) is 30.3 Å². The molecule has 25 heavy (non-hydrogen) atoms. The summed E-state index contributed by atoms with van der Waals surface area (Å²) in [7, 11) is 3.02. The maximum Gasteiger partial charge on any atom is 0.286 e. The summed E-state index contributed by atoms with van der Waals surface area (Å²) < 4.78 is 10.6. The fourth-order valence-corrected chi connectivity index (χ4v) is 2.43. The van der Waals surface area contributed by atoms with Crippen molar-refractivity contribution in [1.29, 1.82) is 0 Å². The predicted molar refractivity (Wildman–Crippen MR) is 93.1 cm³/mol. The predicted octanol–water partition coefficient (Wildman–Crippen LogP) is 3.27. The second-order valence-corrected chi connectivity index (χ2v) is 5.36. The Hall–Kier alpha value is -3.09. The molecule has 0 radical (unpaired) electrons. The number of hydrogen-bond acceptors (Lipinski definition) is 5. The van der Waals surface area contributed by atoms with E-state index in [0.717, 1.165) is 5.56 Å². The molecule has 7 nitrogen and oxygen atoms in total. The lowest BCUT2D eigenvalue weighted by atomic mass is 10.1. The highest BCUT2D eigenvalue weighted by Crippen LogP contribution is 2.35. The van der Waals surface area contributed by atoms with Crippen molar-refractivity contribution in [3.05, 3.63) is 63.7 Å². The van der Waals surface area contributed by atoms with E-state index >= 15 is 0 Å². The summed E-state index contributed by atoms with van der Waals surface area (Å²) in [6.07, 6.45) is 0. The number of carbonyl (C=O) groups is 1. The van der Waals surface area contributed by atoms with Crippen molar-refractivity contribution in [2.75, 3.05) is 20.8 Å². The van der Waals surface area contributed by atoms with Crippen molar-refractivity contribution >= 4 is 11.6 Å². The van der Waals surface area contributed by atoms with Crippen LogP contribution in [0.25, 0.3) is 0 Å². The van der Waals surface area contributed by atoms with Crippen LogP contribution in [0.3, 0.4) is 0 Å². The van der Waals surface area contributed by atoms with Crippen LogP contribution >= 0.6 is 0 Å². The number of hydrogen-bond donors (Lipinski definition) is 0. The molecule has 132 valence electrons. The largest absolute Gasteiger partial charge is 0.493 e. The Morgan fingerprint density at radius 3 is 2.44 bits per heavy atom. The number of amides is 1. The minimum absolute atomic E-state index is 0.0382. The molecule has 0 fully saturated rings. The Balaban J connectivity index is 2.38. The number of ether oxygens (including phenoxy) is 2. The summed E-state index contributed by atoms with van der Waals surface area (Å²) in [5.41, 5.74) is 0.580. The van der Waals surface area contributed by atoms with E-state index in [4.69, 9.17) is 9.47 Å². The lowest BCUT2D eigenvalue weighted by Crippen LogP contribution is -2.27. The van der Waals surface area contributed by atoms with Crippen LogP contribution in [0.1, 0.15) is 22.8 Å². The number of carbonyl (C=O) groups excluding carboxylic acids is 1. The molecule has 0 N–H and O–H groups in total. The third-order valence-electron chi connectivity index (χ3n) is 3.62. The summed E-state index contributed by atoms with van der Waals surface area (Å²) in [5.74, 6) is 0.0553. The zero-order valence-electron chi connectivity index (χ0n) is 14.4. The van der Waals surface area contributed by atoms with E-state index in [2.05, 4.69) is 0 Å². The van der Waals surface area contributed by atoms with Crippen LogP contribution in [0.2, 0.25) is 0 Å². The Morgan fingerprint density at radius 2 is 1.88 bits per heavy atom. The Labute approximate surface area is 145 Å². The van der Waals surface area contributed by atoms with Gasteiger partial charge in [-0.05, 0) is 12.5 Å². The number of nitro groups is 1. The molecule has 7 heteroatoms. The number of nitrogens with zero attached hydrogens (tertiary/aromatic N) is 2. The van der Waals surface area contributed by atoms with Gasteiger partial charge in [0.15, 0.2) is 11.5 Å². The van der Waals surface area contributed by atoms with E-state index in [1.165, 1.54) is 24.1 Å². The van der Waals surface area contributed by atoms with E-state index in [0.29, 0.717) is 13.2 Å². The van der Waals surface area contributed by atoms with Gasteiger partial charge in [0.2, 0.25) is 0 Å². The number of rotatable bonds is 7. The molecule has 2 aromatic rings. The molecule has 0 bridgehead atoms. The summed E-state index contributed by atoms with van der Waals surface area (Å²) in [6, 6.07) is 12.0. The van der Waals surface area contributed by atoms with Gasteiger partial charge in [0, 0.05) is 19.7 Å². The molecule has 2 rings (SSSR count).